The number of hydrogen-bond donors (Lipinski definition) is 1. The van der Waals surface area contributed by atoms with E-state index in [2.05, 4.69) is 29.2 Å². The zero-order valence-corrected chi connectivity index (χ0v) is 11.4. The Morgan fingerprint density at radius 2 is 2.37 bits per heavy atom. The molecule has 104 valence electrons. The lowest BCUT2D eigenvalue weighted by atomic mass is 10.2. The molecule has 0 spiro atoms. The Hall–Kier alpha value is -1.63. The molecule has 1 unspecified atom stereocenters. The van der Waals surface area contributed by atoms with Crippen molar-refractivity contribution in [3.05, 3.63) is 12.2 Å². The zero-order chi connectivity index (χ0) is 13.4. The number of amides is 2. The van der Waals surface area contributed by atoms with E-state index in [0.29, 0.717) is 12.6 Å². The molecule has 0 saturated carbocycles. The van der Waals surface area contributed by atoms with Crippen molar-refractivity contribution in [2.45, 2.75) is 32.5 Å². The summed E-state index contributed by atoms with van der Waals surface area (Å²) >= 11 is 0. The second-order valence-corrected chi connectivity index (χ2v) is 5.43. The van der Waals surface area contributed by atoms with E-state index in [9.17, 15) is 4.79 Å². The predicted octanol–water partition coefficient (Wildman–Crippen LogP) is 0.0684. The summed E-state index contributed by atoms with van der Waals surface area (Å²) in [6, 6.07) is 0.695. The summed E-state index contributed by atoms with van der Waals surface area (Å²) < 4.78 is 1.88. The summed E-state index contributed by atoms with van der Waals surface area (Å²) in [5.74, 6) is 0.858. The summed E-state index contributed by atoms with van der Waals surface area (Å²) in [5, 5.41) is 7.55. The Bertz CT molecular complexity index is 471. The highest BCUT2D eigenvalue weighted by Crippen LogP contribution is 2.19. The van der Waals surface area contributed by atoms with Crippen LogP contribution in [0.1, 0.15) is 25.7 Å². The number of piperazine rings is 1. The number of carbonyl (C=O) groups is 1. The zero-order valence-electron chi connectivity index (χ0n) is 11.4. The molecule has 7 nitrogen and oxygen atoms in total. The molecule has 1 aromatic rings. The van der Waals surface area contributed by atoms with Gasteiger partial charge in [-0.3, -0.25) is 0 Å². The van der Waals surface area contributed by atoms with Crippen LogP contribution < -0.4 is 5.32 Å². The van der Waals surface area contributed by atoms with E-state index in [1.165, 1.54) is 0 Å². The Morgan fingerprint density at radius 3 is 3.11 bits per heavy atom. The molecule has 1 aromatic heterocycles. The molecule has 0 aliphatic carbocycles. The minimum atomic E-state index is 0.129. The lowest BCUT2D eigenvalue weighted by molar-refractivity contribution is 0.177. The standard InChI is InChI=1S/C12H20N6O/c1-9(2)18-11(14-8-15-18)7-16-6-10-5-13-3-4-17(10)12(16)19/h8-10,13H,3-7H2,1-2H3. The molecule has 2 aliphatic heterocycles. The molecule has 2 fully saturated rings. The number of carbonyl (C=O) groups excluding carboxylic acids is 1. The van der Waals surface area contributed by atoms with Gasteiger partial charge in [-0.05, 0) is 13.8 Å². The van der Waals surface area contributed by atoms with E-state index in [4.69, 9.17) is 0 Å². The van der Waals surface area contributed by atoms with Crippen molar-refractivity contribution in [3.63, 3.8) is 0 Å². The first-order valence-corrected chi connectivity index (χ1v) is 6.81. The maximum atomic E-state index is 12.3. The molecule has 0 radical (unpaired) electrons. The number of urea groups is 1. The molecule has 1 N–H and O–H groups in total. The summed E-state index contributed by atoms with van der Waals surface area (Å²) in [5.41, 5.74) is 0. The first kappa shape index (κ1) is 12.4. The van der Waals surface area contributed by atoms with Gasteiger partial charge in [0.1, 0.15) is 12.2 Å². The SMILES string of the molecule is CC(C)n1ncnc1CN1CC2CNCCN2C1=O. The van der Waals surface area contributed by atoms with Crippen molar-refractivity contribution in [2.24, 2.45) is 0 Å². The quantitative estimate of drug-likeness (QED) is 0.839. The average molecular weight is 264 g/mol. The number of nitrogens with one attached hydrogen (secondary N) is 1. The van der Waals surface area contributed by atoms with E-state index >= 15 is 0 Å². The molecule has 2 saturated heterocycles. The van der Waals surface area contributed by atoms with Crippen molar-refractivity contribution in [2.75, 3.05) is 26.2 Å². The van der Waals surface area contributed by atoms with Crippen LogP contribution >= 0.6 is 0 Å². The fourth-order valence-corrected chi connectivity index (χ4v) is 2.81. The monoisotopic (exact) mass is 264 g/mol. The van der Waals surface area contributed by atoms with Gasteiger partial charge in [0, 0.05) is 32.2 Å². The van der Waals surface area contributed by atoms with Crippen LogP contribution in [-0.2, 0) is 6.54 Å². The molecule has 3 rings (SSSR count). The maximum absolute atomic E-state index is 12.3. The fraction of sp³-hybridized carbons (Fsp3) is 0.750. The first-order chi connectivity index (χ1) is 9.16. The highest BCUT2D eigenvalue weighted by Gasteiger charge is 2.38. The second kappa shape index (κ2) is 4.80. The topological polar surface area (TPSA) is 66.3 Å². The van der Waals surface area contributed by atoms with Crippen LogP contribution in [0.15, 0.2) is 6.33 Å². The van der Waals surface area contributed by atoms with Crippen LogP contribution in [-0.4, -0.2) is 62.8 Å². The van der Waals surface area contributed by atoms with Gasteiger partial charge in [-0.2, -0.15) is 5.10 Å². The Balaban J connectivity index is 1.73. The molecular weight excluding hydrogens is 244 g/mol. The lowest BCUT2D eigenvalue weighted by Crippen LogP contribution is -2.49. The first-order valence-electron chi connectivity index (χ1n) is 6.81. The highest BCUT2D eigenvalue weighted by atomic mass is 16.2. The van der Waals surface area contributed by atoms with Crippen LogP contribution in [0, 0.1) is 0 Å². The van der Waals surface area contributed by atoms with Gasteiger partial charge >= 0.3 is 6.03 Å². The maximum Gasteiger partial charge on any atom is 0.320 e. The van der Waals surface area contributed by atoms with E-state index in [-0.39, 0.29) is 12.1 Å². The van der Waals surface area contributed by atoms with Crippen LogP contribution in [0.4, 0.5) is 4.79 Å². The van der Waals surface area contributed by atoms with Gasteiger partial charge in [0.05, 0.1) is 12.6 Å². The van der Waals surface area contributed by atoms with Gasteiger partial charge in [-0.15, -0.1) is 0 Å². The number of nitrogens with zero attached hydrogens (tertiary/aromatic N) is 5. The summed E-state index contributed by atoms with van der Waals surface area (Å²) in [7, 11) is 0. The van der Waals surface area contributed by atoms with Crippen molar-refractivity contribution in [3.8, 4) is 0 Å². The van der Waals surface area contributed by atoms with E-state index in [0.717, 1.165) is 32.0 Å². The Morgan fingerprint density at radius 1 is 1.53 bits per heavy atom. The normalized spacial score (nSPS) is 23.3. The van der Waals surface area contributed by atoms with Crippen LogP contribution in [0.25, 0.3) is 0 Å². The third kappa shape index (κ3) is 2.18. The van der Waals surface area contributed by atoms with Gasteiger partial charge in [-0.25, -0.2) is 14.5 Å². The second-order valence-electron chi connectivity index (χ2n) is 5.43. The smallest absolute Gasteiger partial charge is 0.317 e. The van der Waals surface area contributed by atoms with E-state index < -0.39 is 0 Å². The molecular formula is C12H20N6O. The third-order valence-electron chi connectivity index (χ3n) is 3.77. The van der Waals surface area contributed by atoms with Gasteiger partial charge in [-0.1, -0.05) is 0 Å². The molecule has 2 aliphatic rings. The van der Waals surface area contributed by atoms with E-state index in [1.807, 2.05) is 14.5 Å². The molecule has 1 atom stereocenters. The number of rotatable bonds is 3. The van der Waals surface area contributed by atoms with Crippen LogP contribution in [0.2, 0.25) is 0 Å². The van der Waals surface area contributed by atoms with Crippen molar-refractivity contribution in [1.29, 1.82) is 0 Å². The Kier molecular flexibility index (Phi) is 3.14. The minimum Gasteiger partial charge on any atom is -0.317 e. The number of hydrogen-bond acceptors (Lipinski definition) is 4. The highest BCUT2D eigenvalue weighted by molar-refractivity contribution is 5.77. The van der Waals surface area contributed by atoms with E-state index in [1.54, 1.807) is 6.33 Å². The average Bonchev–Trinajstić information content (AvgIpc) is 2.97. The van der Waals surface area contributed by atoms with Crippen LogP contribution in [0.3, 0.4) is 0 Å². The molecule has 2 amide bonds. The third-order valence-corrected chi connectivity index (χ3v) is 3.77. The largest absolute Gasteiger partial charge is 0.320 e. The minimum absolute atomic E-state index is 0.129. The van der Waals surface area contributed by atoms with Gasteiger partial charge in [0.25, 0.3) is 0 Å². The molecule has 3 heterocycles. The van der Waals surface area contributed by atoms with Crippen LogP contribution in [0.5, 0.6) is 0 Å². The van der Waals surface area contributed by atoms with Crippen molar-refractivity contribution < 1.29 is 4.79 Å². The number of aromatic nitrogens is 3. The van der Waals surface area contributed by atoms with Gasteiger partial charge < -0.3 is 15.1 Å². The summed E-state index contributed by atoms with van der Waals surface area (Å²) in [6.45, 7) is 8.03. The molecule has 7 heteroatoms. The Labute approximate surface area is 112 Å². The summed E-state index contributed by atoms with van der Waals surface area (Å²) in [4.78, 5) is 20.4. The van der Waals surface area contributed by atoms with Gasteiger partial charge in [0.2, 0.25) is 0 Å². The predicted molar refractivity (Wildman–Crippen MR) is 69.6 cm³/mol. The molecule has 0 bridgehead atoms. The fourth-order valence-electron chi connectivity index (χ4n) is 2.81. The van der Waals surface area contributed by atoms with Gasteiger partial charge in [0.15, 0.2) is 0 Å². The van der Waals surface area contributed by atoms with Crippen molar-refractivity contribution in [1.82, 2.24) is 29.9 Å². The van der Waals surface area contributed by atoms with Crippen molar-refractivity contribution >= 4 is 6.03 Å². The molecule has 19 heavy (non-hydrogen) atoms. The molecule has 0 aromatic carbocycles. The lowest BCUT2D eigenvalue weighted by Gasteiger charge is -2.28. The number of fused-ring (bicyclic) bond motifs is 1. The summed E-state index contributed by atoms with van der Waals surface area (Å²) in [6.07, 6.45) is 1.56.